The lowest BCUT2D eigenvalue weighted by Crippen LogP contribution is -2.35. The molecule has 10 heteroatoms. The highest BCUT2D eigenvalue weighted by atomic mass is 35.5. The smallest absolute Gasteiger partial charge is 0.406 e. The zero-order chi connectivity index (χ0) is 20.2. The summed E-state index contributed by atoms with van der Waals surface area (Å²) in [4.78, 5) is 1.62. The van der Waals surface area contributed by atoms with Crippen molar-refractivity contribution in [2.24, 2.45) is 0 Å². The van der Waals surface area contributed by atoms with Crippen molar-refractivity contribution in [3.8, 4) is 5.75 Å². The Hall–Kier alpha value is -1.81. The Morgan fingerprint density at radius 3 is 2.30 bits per heavy atom. The number of ether oxygens (including phenoxy) is 1. The number of benzene rings is 2. The molecule has 0 saturated carbocycles. The highest BCUT2D eigenvalue weighted by molar-refractivity contribution is 7.89. The lowest BCUT2D eigenvalue weighted by molar-refractivity contribution is -0.274. The summed E-state index contributed by atoms with van der Waals surface area (Å²) in [5.74, 6) is -0.499. The van der Waals surface area contributed by atoms with Crippen LogP contribution < -0.4 is 9.46 Å². The lowest BCUT2D eigenvalue weighted by Gasteiger charge is -2.23. The Morgan fingerprint density at radius 2 is 1.78 bits per heavy atom. The van der Waals surface area contributed by atoms with Gasteiger partial charge in [0, 0.05) is 11.6 Å². The minimum absolute atomic E-state index is 0.178. The second-order valence-corrected chi connectivity index (χ2v) is 8.16. The average Bonchev–Trinajstić information content (AvgIpc) is 2.52. The van der Waals surface area contributed by atoms with Crippen LogP contribution in [0, 0.1) is 0 Å². The van der Waals surface area contributed by atoms with Gasteiger partial charge in [-0.15, -0.1) is 13.2 Å². The molecular formula is C17H18ClF3N2O3S. The summed E-state index contributed by atoms with van der Waals surface area (Å²) in [6, 6.07) is 10.2. The van der Waals surface area contributed by atoms with Crippen molar-refractivity contribution in [1.82, 2.24) is 9.62 Å². The monoisotopic (exact) mass is 422 g/mol. The molecule has 2 aromatic carbocycles. The zero-order valence-corrected chi connectivity index (χ0v) is 16.1. The Bertz CT molecular complexity index is 872. The molecule has 0 radical (unpaired) electrons. The predicted octanol–water partition coefficient (Wildman–Crippen LogP) is 3.82. The van der Waals surface area contributed by atoms with E-state index in [0.717, 1.165) is 24.3 Å². The maximum Gasteiger partial charge on any atom is 0.573 e. The summed E-state index contributed by atoms with van der Waals surface area (Å²) >= 11 is 5.99. The first-order valence-electron chi connectivity index (χ1n) is 7.74. The summed E-state index contributed by atoms with van der Waals surface area (Å²) < 4.78 is 68.3. The van der Waals surface area contributed by atoms with Gasteiger partial charge in [0.25, 0.3) is 0 Å². The van der Waals surface area contributed by atoms with Gasteiger partial charge in [-0.25, -0.2) is 13.1 Å². The Kier molecular flexibility index (Phi) is 6.74. The van der Waals surface area contributed by atoms with Gasteiger partial charge in [0.1, 0.15) is 5.75 Å². The molecule has 27 heavy (non-hydrogen) atoms. The number of rotatable bonds is 7. The van der Waals surface area contributed by atoms with Crippen molar-refractivity contribution in [2.45, 2.75) is 17.3 Å². The number of likely N-dealkylation sites (N-methyl/N-ethyl adjacent to an activating group) is 1. The van der Waals surface area contributed by atoms with Crippen molar-refractivity contribution < 1.29 is 26.3 Å². The highest BCUT2D eigenvalue weighted by Gasteiger charge is 2.31. The van der Waals surface area contributed by atoms with Gasteiger partial charge in [-0.1, -0.05) is 23.7 Å². The fourth-order valence-electron chi connectivity index (χ4n) is 2.37. The zero-order valence-electron chi connectivity index (χ0n) is 14.5. The van der Waals surface area contributed by atoms with Crippen LogP contribution in [0.15, 0.2) is 53.4 Å². The van der Waals surface area contributed by atoms with E-state index in [1.54, 1.807) is 43.3 Å². The van der Waals surface area contributed by atoms with Crippen molar-refractivity contribution in [3.05, 3.63) is 59.1 Å². The molecule has 0 heterocycles. The molecule has 0 amide bonds. The van der Waals surface area contributed by atoms with Crippen LogP contribution >= 0.6 is 11.6 Å². The first kappa shape index (κ1) is 21.5. The van der Waals surface area contributed by atoms with Gasteiger partial charge in [-0.05, 0) is 56.1 Å². The van der Waals surface area contributed by atoms with Crippen LogP contribution in [0.3, 0.4) is 0 Å². The maximum absolute atomic E-state index is 12.7. The van der Waals surface area contributed by atoms with Gasteiger partial charge in [0.15, 0.2) is 0 Å². The van der Waals surface area contributed by atoms with Crippen LogP contribution in [0.2, 0.25) is 5.02 Å². The molecule has 0 aliphatic rings. The number of hydrogen-bond acceptors (Lipinski definition) is 4. The fraction of sp³-hybridized carbons (Fsp3) is 0.294. The molecular weight excluding hydrogens is 405 g/mol. The maximum atomic E-state index is 12.7. The number of nitrogens with one attached hydrogen (secondary N) is 1. The molecule has 2 aromatic rings. The highest BCUT2D eigenvalue weighted by Crippen LogP contribution is 2.25. The van der Waals surface area contributed by atoms with Gasteiger partial charge >= 0.3 is 6.36 Å². The first-order valence-corrected chi connectivity index (χ1v) is 9.61. The Balaban J connectivity index is 2.25. The van der Waals surface area contributed by atoms with Gasteiger partial charge in [0.2, 0.25) is 10.0 Å². The third-order valence-corrected chi connectivity index (χ3v) is 5.19. The van der Waals surface area contributed by atoms with E-state index in [1.807, 2.05) is 0 Å². The van der Waals surface area contributed by atoms with Crippen LogP contribution in [-0.4, -0.2) is 40.3 Å². The Morgan fingerprint density at radius 1 is 1.15 bits per heavy atom. The summed E-state index contributed by atoms with van der Waals surface area (Å²) in [5, 5.41) is 0.462. The van der Waals surface area contributed by atoms with Crippen LogP contribution in [-0.2, 0) is 10.0 Å². The van der Waals surface area contributed by atoms with Gasteiger partial charge < -0.3 is 9.64 Å². The molecule has 0 saturated heterocycles. The lowest BCUT2D eigenvalue weighted by atomic mass is 10.1. The molecule has 5 nitrogen and oxygen atoms in total. The van der Waals surface area contributed by atoms with E-state index in [1.165, 1.54) is 0 Å². The molecule has 148 valence electrons. The number of nitrogens with zero attached hydrogens (tertiary/aromatic N) is 1. The minimum atomic E-state index is -4.85. The molecule has 1 atom stereocenters. The van der Waals surface area contributed by atoms with E-state index in [4.69, 9.17) is 11.6 Å². The largest absolute Gasteiger partial charge is 0.573 e. The van der Waals surface area contributed by atoms with Crippen molar-refractivity contribution in [1.29, 1.82) is 0 Å². The van der Waals surface area contributed by atoms with E-state index in [0.29, 0.717) is 17.1 Å². The number of hydrogen-bond donors (Lipinski definition) is 1. The van der Waals surface area contributed by atoms with Crippen LogP contribution in [0.5, 0.6) is 5.75 Å². The second kappa shape index (κ2) is 8.47. The van der Waals surface area contributed by atoms with Crippen molar-refractivity contribution in [3.63, 3.8) is 0 Å². The normalized spacial score (nSPS) is 13.6. The molecule has 0 aliphatic carbocycles. The first-order chi connectivity index (χ1) is 12.5. The van der Waals surface area contributed by atoms with E-state index in [2.05, 4.69) is 9.46 Å². The second-order valence-electron chi connectivity index (χ2n) is 6.01. The molecule has 0 bridgehead atoms. The third kappa shape index (κ3) is 6.69. The topological polar surface area (TPSA) is 58.6 Å². The van der Waals surface area contributed by atoms with E-state index < -0.39 is 28.2 Å². The summed E-state index contributed by atoms with van der Waals surface area (Å²) in [7, 11) is -0.409. The summed E-state index contributed by atoms with van der Waals surface area (Å²) in [5.41, 5.74) is 0.664. The molecule has 0 fully saturated rings. The number of alkyl halides is 3. The summed E-state index contributed by atoms with van der Waals surface area (Å²) in [6.45, 7) is 0.356. The number of sulfonamides is 1. The average molecular weight is 423 g/mol. The number of halogens is 4. The quantitative estimate of drug-likeness (QED) is 0.737. The van der Waals surface area contributed by atoms with Gasteiger partial charge in [-0.2, -0.15) is 0 Å². The van der Waals surface area contributed by atoms with Gasteiger partial charge in [0.05, 0.1) is 10.9 Å². The van der Waals surface area contributed by atoms with E-state index in [-0.39, 0.29) is 4.90 Å². The predicted molar refractivity (Wildman–Crippen MR) is 96.2 cm³/mol. The van der Waals surface area contributed by atoms with Crippen molar-refractivity contribution in [2.75, 3.05) is 20.6 Å². The van der Waals surface area contributed by atoms with Crippen LogP contribution in [0.1, 0.15) is 11.6 Å². The molecule has 2 rings (SSSR count). The molecule has 1 N–H and O–H groups in total. The molecule has 0 aliphatic heterocycles. The summed E-state index contributed by atoms with van der Waals surface area (Å²) in [6.07, 6.45) is -4.85. The van der Waals surface area contributed by atoms with Gasteiger partial charge in [-0.3, -0.25) is 0 Å². The molecule has 0 unspecified atom stereocenters. The minimum Gasteiger partial charge on any atom is -0.406 e. The standard InChI is InChI=1S/C17H18ClF3N2O3S/c1-23(2)11-16(12-4-3-5-13(18)10-12)22-27(24,25)15-8-6-14(7-9-15)26-17(19,20)21/h3-10,16,22H,11H2,1-2H3/t16-/m1/s1. The molecule has 0 spiro atoms. The van der Waals surface area contributed by atoms with Crippen molar-refractivity contribution >= 4 is 21.6 Å². The molecule has 0 aromatic heterocycles. The SMILES string of the molecule is CN(C)C[C@@H](NS(=O)(=O)c1ccc(OC(F)(F)F)cc1)c1cccc(Cl)c1. The van der Waals surface area contributed by atoms with Crippen LogP contribution in [0.4, 0.5) is 13.2 Å². The third-order valence-electron chi connectivity index (χ3n) is 3.46. The van der Waals surface area contributed by atoms with E-state index >= 15 is 0 Å². The Labute approximate surface area is 160 Å². The van der Waals surface area contributed by atoms with E-state index in [9.17, 15) is 21.6 Å². The van der Waals surface area contributed by atoms with Crippen LogP contribution in [0.25, 0.3) is 0 Å². The fourth-order valence-corrected chi connectivity index (χ4v) is 3.79.